The fourth-order valence-electron chi connectivity index (χ4n) is 6.00. The van der Waals surface area contributed by atoms with E-state index in [0.29, 0.717) is 44.5 Å². The Morgan fingerprint density at radius 3 is 2.21 bits per heavy atom. The van der Waals surface area contributed by atoms with Gasteiger partial charge in [-0.3, -0.25) is 14.4 Å². The number of rotatable bonds is 9. The van der Waals surface area contributed by atoms with Crippen LogP contribution < -0.4 is 10.6 Å². The SMILES string of the molecule is CN(Cc1ccc(F)cc1)C(=O)C(NC(=O)c1ccc2nc(NC(=O)c3cccc(O)c3-c3ccc(C(C)(C)C)cc3)ccc2c1)c1ccccc1. The summed E-state index contributed by atoms with van der Waals surface area (Å²) in [5, 5.41) is 17.2. The van der Waals surface area contributed by atoms with E-state index in [1.165, 1.54) is 17.0 Å². The highest BCUT2D eigenvalue weighted by molar-refractivity contribution is 6.09. The Labute approximate surface area is 302 Å². The molecule has 0 bridgehead atoms. The van der Waals surface area contributed by atoms with Crippen molar-refractivity contribution >= 4 is 34.4 Å². The molecule has 1 aromatic heterocycles. The number of fused-ring (bicyclic) bond motifs is 1. The molecule has 8 nitrogen and oxygen atoms in total. The van der Waals surface area contributed by atoms with Crippen LogP contribution in [0.25, 0.3) is 22.0 Å². The minimum atomic E-state index is -0.968. The molecule has 0 spiro atoms. The largest absolute Gasteiger partial charge is 0.507 e. The van der Waals surface area contributed by atoms with Gasteiger partial charge in [0.2, 0.25) is 5.91 Å². The van der Waals surface area contributed by atoms with Gasteiger partial charge in [0.15, 0.2) is 0 Å². The standard InChI is InChI=1S/C43H39FN4O4/c1-43(2,3)32-19-15-28(16-20-32)38-34(11-8-12-36(38)49)41(51)46-37-24-18-30-25-31(17-23-35(30)45-37)40(50)47-39(29-9-6-5-7-10-29)42(52)48(4)26-27-13-21-33(44)22-14-27/h5-25,39,49H,26H2,1-4H3,(H,47,50)(H,45,46,51). The van der Waals surface area contributed by atoms with Crippen LogP contribution in [0.1, 0.15) is 64.2 Å². The van der Waals surface area contributed by atoms with Crippen molar-refractivity contribution in [2.24, 2.45) is 0 Å². The summed E-state index contributed by atoms with van der Waals surface area (Å²) in [4.78, 5) is 46.9. The summed E-state index contributed by atoms with van der Waals surface area (Å²) < 4.78 is 13.4. The predicted molar refractivity (Wildman–Crippen MR) is 201 cm³/mol. The van der Waals surface area contributed by atoms with E-state index in [2.05, 4.69) is 36.4 Å². The number of nitrogens with one attached hydrogen (secondary N) is 2. The number of phenols is 1. The van der Waals surface area contributed by atoms with Crippen LogP contribution in [-0.4, -0.2) is 39.8 Å². The van der Waals surface area contributed by atoms with Crippen LogP contribution in [0.2, 0.25) is 0 Å². The van der Waals surface area contributed by atoms with E-state index in [1.54, 1.807) is 92.0 Å². The lowest BCUT2D eigenvalue weighted by Gasteiger charge is -2.25. The highest BCUT2D eigenvalue weighted by Crippen LogP contribution is 2.35. The summed E-state index contributed by atoms with van der Waals surface area (Å²) in [5.74, 6) is -1.30. The second-order valence-electron chi connectivity index (χ2n) is 13.7. The third-order valence-corrected chi connectivity index (χ3v) is 8.88. The Kier molecular flexibility index (Phi) is 10.1. The number of aromatic nitrogens is 1. The molecule has 0 saturated heterocycles. The molecular formula is C43H39FN4O4. The summed E-state index contributed by atoms with van der Waals surface area (Å²) >= 11 is 0. The van der Waals surface area contributed by atoms with E-state index in [1.807, 2.05) is 30.3 Å². The van der Waals surface area contributed by atoms with E-state index in [4.69, 9.17) is 0 Å². The molecule has 52 heavy (non-hydrogen) atoms. The minimum absolute atomic E-state index is 0.0100. The molecule has 1 heterocycles. The maximum absolute atomic E-state index is 13.7. The van der Waals surface area contributed by atoms with Gasteiger partial charge in [0.05, 0.1) is 11.1 Å². The molecule has 5 aromatic carbocycles. The maximum atomic E-state index is 13.7. The predicted octanol–water partition coefficient (Wildman–Crippen LogP) is 8.43. The van der Waals surface area contributed by atoms with Gasteiger partial charge in [-0.2, -0.15) is 0 Å². The van der Waals surface area contributed by atoms with Gasteiger partial charge in [0, 0.05) is 30.1 Å². The van der Waals surface area contributed by atoms with Gasteiger partial charge in [-0.05, 0) is 82.3 Å². The molecule has 3 N–H and O–H groups in total. The highest BCUT2D eigenvalue weighted by atomic mass is 19.1. The van der Waals surface area contributed by atoms with Gasteiger partial charge in [-0.25, -0.2) is 9.37 Å². The number of carbonyl (C=O) groups is 3. The quantitative estimate of drug-likeness (QED) is 0.141. The molecule has 1 atom stereocenters. The first kappa shape index (κ1) is 35.5. The minimum Gasteiger partial charge on any atom is -0.507 e. The molecule has 0 aliphatic rings. The van der Waals surface area contributed by atoms with Crippen molar-refractivity contribution in [1.29, 1.82) is 0 Å². The topological polar surface area (TPSA) is 112 Å². The Bertz CT molecular complexity index is 2250. The smallest absolute Gasteiger partial charge is 0.257 e. The van der Waals surface area contributed by atoms with Crippen molar-refractivity contribution in [1.82, 2.24) is 15.2 Å². The van der Waals surface area contributed by atoms with E-state index < -0.39 is 17.9 Å². The van der Waals surface area contributed by atoms with Gasteiger partial charge in [-0.1, -0.05) is 93.6 Å². The van der Waals surface area contributed by atoms with Crippen molar-refractivity contribution in [3.05, 3.63) is 161 Å². The van der Waals surface area contributed by atoms with E-state index in [0.717, 1.165) is 11.1 Å². The average molecular weight is 695 g/mol. The average Bonchev–Trinajstić information content (AvgIpc) is 3.14. The zero-order valence-corrected chi connectivity index (χ0v) is 29.4. The summed E-state index contributed by atoms with van der Waals surface area (Å²) in [5.41, 5.74) is 4.75. The Balaban J connectivity index is 1.19. The first-order valence-corrected chi connectivity index (χ1v) is 16.9. The molecule has 0 saturated carbocycles. The van der Waals surface area contributed by atoms with Crippen LogP contribution in [0.5, 0.6) is 5.75 Å². The van der Waals surface area contributed by atoms with Crippen molar-refractivity contribution < 1.29 is 23.9 Å². The fourth-order valence-corrected chi connectivity index (χ4v) is 6.00. The first-order valence-electron chi connectivity index (χ1n) is 16.9. The summed E-state index contributed by atoms with van der Waals surface area (Å²) in [7, 11) is 1.64. The number of hydrogen-bond donors (Lipinski definition) is 3. The van der Waals surface area contributed by atoms with Crippen molar-refractivity contribution in [3.63, 3.8) is 0 Å². The summed E-state index contributed by atoms with van der Waals surface area (Å²) in [6.45, 7) is 6.60. The van der Waals surface area contributed by atoms with Gasteiger partial charge in [-0.15, -0.1) is 0 Å². The number of pyridine rings is 1. The second-order valence-corrected chi connectivity index (χ2v) is 13.7. The Morgan fingerprint density at radius 1 is 0.808 bits per heavy atom. The van der Waals surface area contributed by atoms with Gasteiger partial charge >= 0.3 is 0 Å². The van der Waals surface area contributed by atoms with Crippen molar-refractivity contribution in [3.8, 4) is 16.9 Å². The van der Waals surface area contributed by atoms with E-state index in [9.17, 15) is 23.9 Å². The monoisotopic (exact) mass is 694 g/mol. The van der Waals surface area contributed by atoms with Crippen molar-refractivity contribution in [2.75, 3.05) is 12.4 Å². The van der Waals surface area contributed by atoms with Gasteiger partial charge in [0.1, 0.15) is 23.4 Å². The maximum Gasteiger partial charge on any atom is 0.257 e. The number of nitrogens with zero attached hydrogens (tertiary/aromatic N) is 2. The molecule has 6 aromatic rings. The molecule has 0 aliphatic heterocycles. The van der Waals surface area contributed by atoms with Crippen LogP contribution in [0.15, 0.2) is 127 Å². The lowest BCUT2D eigenvalue weighted by Crippen LogP contribution is -2.41. The number of amides is 3. The first-order chi connectivity index (χ1) is 24.9. The molecule has 262 valence electrons. The molecule has 0 fully saturated rings. The number of anilines is 1. The second kappa shape index (κ2) is 14.9. The normalized spacial score (nSPS) is 11.9. The van der Waals surface area contributed by atoms with Crippen LogP contribution in [0, 0.1) is 5.82 Å². The third-order valence-electron chi connectivity index (χ3n) is 8.88. The number of benzene rings is 5. The zero-order valence-electron chi connectivity index (χ0n) is 29.4. The Hall–Kier alpha value is -6.35. The molecule has 0 aliphatic carbocycles. The number of carbonyl (C=O) groups excluding carboxylic acids is 3. The summed E-state index contributed by atoms with van der Waals surface area (Å²) in [6.07, 6.45) is 0. The molecule has 1 unspecified atom stereocenters. The van der Waals surface area contributed by atoms with Crippen LogP contribution in [0.3, 0.4) is 0 Å². The van der Waals surface area contributed by atoms with Crippen LogP contribution >= 0.6 is 0 Å². The van der Waals surface area contributed by atoms with E-state index >= 15 is 0 Å². The third kappa shape index (κ3) is 8.00. The fraction of sp³-hybridized carbons (Fsp3) is 0.163. The lowest BCUT2D eigenvalue weighted by molar-refractivity contribution is -0.132. The summed E-state index contributed by atoms with van der Waals surface area (Å²) in [6, 6.07) is 34.9. The van der Waals surface area contributed by atoms with E-state index in [-0.39, 0.29) is 29.4 Å². The van der Waals surface area contributed by atoms with Crippen molar-refractivity contribution in [2.45, 2.75) is 38.8 Å². The molecular weight excluding hydrogens is 655 g/mol. The number of likely N-dealkylation sites (N-methyl/N-ethyl adjacent to an activating group) is 1. The van der Waals surface area contributed by atoms with Gasteiger partial charge < -0.3 is 20.6 Å². The molecule has 9 heteroatoms. The van der Waals surface area contributed by atoms with Crippen LogP contribution in [0.4, 0.5) is 10.2 Å². The number of halogens is 1. The number of phenolic OH excluding ortho intramolecular Hbond substituents is 1. The zero-order chi connectivity index (χ0) is 37.0. The lowest BCUT2D eigenvalue weighted by atomic mass is 9.86. The number of hydrogen-bond acceptors (Lipinski definition) is 5. The number of aromatic hydroxyl groups is 1. The van der Waals surface area contributed by atoms with Crippen LogP contribution in [-0.2, 0) is 16.8 Å². The Morgan fingerprint density at radius 2 is 1.52 bits per heavy atom. The molecule has 3 amide bonds. The molecule has 0 radical (unpaired) electrons. The molecule has 6 rings (SSSR count). The van der Waals surface area contributed by atoms with Gasteiger partial charge in [0.25, 0.3) is 11.8 Å². The highest BCUT2D eigenvalue weighted by Gasteiger charge is 2.27.